The van der Waals surface area contributed by atoms with E-state index in [0.29, 0.717) is 0 Å². The molecule has 0 aliphatic rings. The van der Waals surface area contributed by atoms with Gasteiger partial charge in [0.1, 0.15) is 0 Å². The molecule has 0 fully saturated rings. The summed E-state index contributed by atoms with van der Waals surface area (Å²) in [4.78, 5) is 0. The van der Waals surface area contributed by atoms with Gasteiger partial charge in [0.2, 0.25) is 0 Å². The van der Waals surface area contributed by atoms with Crippen LogP contribution < -0.4 is 0 Å². The molecule has 1 aromatic rings. The van der Waals surface area contributed by atoms with Gasteiger partial charge in [0.05, 0.1) is 18.0 Å². The Morgan fingerprint density at radius 2 is 2.23 bits per heavy atom. The maximum Gasteiger partial charge on any atom is 0.0995 e. The Kier molecular flexibility index (Phi) is 3.42. The summed E-state index contributed by atoms with van der Waals surface area (Å²) < 4.78 is 1.77. The minimum atomic E-state index is -0.457. The summed E-state index contributed by atoms with van der Waals surface area (Å²) in [6.07, 6.45) is 2.18. The van der Waals surface area contributed by atoms with E-state index >= 15 is 0 Å². The zero-order chi connectivity index (χ0) is 9.84. The predicted octanol–water partition coefficient (Wildman–Crippen LogP) is 1.38. The van der Waals surface area contributed by atoms with Crippen LogP contribution in [0, 0.1) is 5.92 Å². The van der Waals surface area contributed by atoms with Crippen LogP contribution in [0.5, 0.6) is 0 Å². The molecule has 1 rings (SSSR count). The van der Waals surface area contributed by atoms with Crippen molar-refractivity contribution in [1.29, 1.82) is 0 Å². The van der Waals surface area contributed by atoms with Crippen LogP contribution in [-0.2, 0) is 6.54 Å². The van der Waals surface area contributed by atoms with E-state index in [1.807, 2.05) is 13.8 Å². The minimum Gasteiger partial charge on any atom is -0.386 e. The van der Waals surface area contributed by atoms with E-state index in [1.54, 1.807) is 10.9 Å². The van der Waals surface area contributed by atoms with Crippen molar-refractivity contribution in [1.82, 2.24) is 15.0 Å². The van der Waals surface area contributed by atoms with Crippen molar-refractivity contribution in [3.63, 3.8) is 0 Å². The van der Waals surface area contributed by atoms with Gasteiger partial charge in [-0.05, 0) is 12.3 Å². The Balaban J connectivity index is 2.80. The lowest BCUT2D eigenvalue weighted by atomic mass is 10.1. The van der Waals surface area contributed by atoms with E-state index in [0.717, 1.165) is 18.7 Å². The Bertz CT molecular complexity index is 257. The van der Waals surface area contributed by atoms with Crippen LogP contribution in [0.3, 0.4) is 0 Å². The molecule has 1 aromatic heterocycles. The van der Waals surface area contributed by atoms with Crippen molar-refractivity contribution in [3.8, 4) is 0 Å². The van der Waals surface area contributed by atoms with Gasteiger partial charge in [0.25, 0.3) is 0 Å². The monoisotopic (exact) mass is 183 g/mol. The third-order valence-corrected chi connectivity index (χ3v) is 2.02. The number of aromatic nitrogens is 3. The quantitative estimate of drug-likeness (QED) is 0.767. The SMILES string of the molecule is CCCn1nncc1C(O)C(C)C. The molecule has 1 atom stereocenters. The lowest BCUT2D eigenvalue weighted by molar-refractivity contribution is 0.116. The molecular formula is C9H17N3O. The highest BCUT2D eigenvalue weighted by atomic mass is 16.3. The van der Waals surface area contributed by atoms with E-state index < -0.39 is 6.10 Å². The Morgan fingerprint density at radius 1 is 1.54 bits per heavy atom. The maximum atomic E-state index is 9.79. The van der Waals surface area contributed by atoms with Crippen molar-refractivity contribution < 1.29 is 5.11 Å². The van der Waals surface area contributed by atoms with Gasteiger partial charge in [-0.25, -0.2) is 4.68 Å². The standard InChI is InChI=1S/C9H17N3O/c1-4-5-12-8(6-10-11-12)9(13)7(2)3/h6-7,9,13H,4-5H2,1-3H3. The number of aliphatic hydroxyl groups excluding tert-OH is 1. The van der Waals surface area contributed by atoms with E-state index in [1.165, 1.54) is 0 Å². The number of aliphatic hydroxyl groups is 1. The molecule has 0 saturated carbocycles. The van der Waals surface area contributed by atoms with Crippen LogP contribution >= 0.6 is 0 Å². The third-order valence-electron chi connectivity index (χ3n) is 2.02. The van der Waals surface area contributed by atoms with Gasteiger partial charge in [-0.1, -0.05) is 26.0 Å². The first kappa shape index (κ1) is 10.2. The van der Waals surface area contributed by atoms with Gasteiger partial charge >= 0.3 is 0 Å². The summed E-state index contributed by atoms with van der Waals surface area (Å²) in [7, 11) is 0. The second-order valence-corrected chi connectivity index (χ2v) is 3.57. The minimum absolute atomic E-state index is 0.203. The second kappa shape index (κ2) is 4.37. The molecule has 13 heavy (non-hydrogen) atoms. The summed E-state index contributed by atoms with van der Waals surface area (Å²) >= 11 is 0. The first-order chi connectivity index (χ1) is 6.16. The lowest BCUT2D eigenvalue weighted by Crippen LogP contribution is -2.13. The summed E-state index contributed by atoms with van der Waals surface area (Å²) in [5.74, 6) is 0.203. The van der Waals surface area contributed by atoms with Crippen molar-refractivity contribution in [2.75, 3.05) is 0 Å². The van der Waals surface area contributed by atoms with E-state index in [2.05, 4.69) is 17.2 Å². The number of rotatable bonds is 4. The van der Waals surface area contributed by atoms with Crippen LogP contribution in [0.15, 0.2) is 6.20 Å². The van der Waals surface area contributed by atoms with E-state index in [4.69, 9.17) is 0 Å². The molecule has 1 N–H and O–H groups in total. The smallest absolute Gasteiger partial charge is 0.0995 e. The molecule has 0 bridgehead atoms. The molecule has 0 radical (unpaired) electrons. The van der Waals surface area contributed by atoms with Gasteiger partial charge in [-0.2, -0.15) is 0 Å². The lowest BCUT2D eigenvalue weighted by Gasteiger charge is -2.14. The number of aryl methyl sites for hydroxylation is 1. The van der Waals surface area contributed by atoms with Crippen LogP contribution in [0.25, 0.3) is 0 Å². The average Bonchev–Trinajstić information content (AvgIpc) is 2.52. The van der Waals surface area contributed by atoms with Gasteiger partial charge in [0.15, 0.2) is 0 Å². The molecule has 0 amide bonds. The average molecular weight is 183 g/mol. The molecule has 4 heteroatoms. The van der Waals surface area contributed by atoms with Crippen molar-refractivity contribution >= 4 is 0 Å². The Labute approximate surface area is 78.6 Å². The summed E-state index contributed by atoms with van der Waals surface area (Å²) in [5.41, 5.74) is 0.817. The van der Waals surface area contributed by atoms with Gasteiger partial charge < -0.3 is 5.11 Å². The van der Waals surface area contributed by atoms with Crippen LogP contribution in [0.4, 0.5) is 0 Å². The summed E-state index contributed by atoms with van der Waals surface area (Å²) in [6, 6.07) is 0. The topological polar surface area (TPSA) is 50.9 Å². The molecule has 0 aromatic carbocycles. The zero-order valence-electron chi connectivity index (χ0n) is 8.44. The van der Waals surface area contributed by atoms with Gasteiger partial charge in [-0.15, -0.1) is 5.10 Å². The first-order valence-corrected chi connectivity index (χ1v) is 4.73. The van der Waals surface area contributed by atoms with Crippen molar-refractivity contribution in [2.45, 2.75) is 39.8 Å². The largest absolute Gasteiger partial charge is 0.386 e. The van der Waals surface area contributed by atoms with Crippen LogP contribution in [0.1, 0.15) is 39.0 Å². The number of hydrogen-bond donors (Lipinski definition) is 1. The highest BCUT2D eigenvalue weighted by Crippen LogP contribution is 2.19. The van der Waals surface area contributed by atoms with Crippen LogP contribution in [0.2, 0.25) is 0 Å². The second-order valence-electron chi connectivity index (χ2n) is 3.57. The Morgan fingerprint density at radius 3 is 2.77 bits per heavy atom. The molecule has 0 aliphatic carbocycles. The first-order valence-electron chi connectivity index (χ1n) is 4.73. The Hall–Kier alpha value is -0.900. The molecule has 0 saturated heterocycles. The van der Waals surface area contributed by atoms with Gasteiger partial charge in [0, 0.05) is 6.54 Å². The van der Waals surface area contributed by atoms with Gasteiger partial charge in [-0.3, -0.25) is 0 Å². The number of hydrogen-bond acceptors (Lipinski definition) is 3. The summed E-state index contributed by atoms with van der Waals surface area (Å²) in [6.45, 7) is 6.86. The highest BCUT2D eigenvalue weighted by Gasteiger charge is 2.16. The number of nitrogens with zero attached hydrogens (tertiary/aromatic N) is 3. The van der Waals surface area contributed by atoms with Crippen LogP contribution in [-0.4, -0.2) is 20.1 Å². The summed E-state index contributed by atoms with van der Waals surface area (Å²) in [5, 5.41) is 17.5. The molecule has 4 nitrogen and oxygen atoms in total. The third kappa shape index (κ3) is 2.28. The van der Waals surface area contributed by atoms with Crippen molar-refractivity contribution in [3.05, 3.63) is 11.9 Å². The fourth-order valence-electron chi connectivity index (χ4n) is 1.22. The van der Waals surface area contributed by atoms with Crippen molar-refractivity contribution in [2.24, 2.45) is 5.92 Å². The molecule has 74 valence electrons. The van der Waals surface area contributed by atoms with E-state index in [-0.39, 0.29) is 5.92 Å². The molecule has 0 spiro atoms. The molecular weight excluding hydrogens is 166 g/mol. The highest BCUT2D eigenvalue weighted by molar-refractivity contribution is 4.99. The molecule has 0 aliphatic heterocycles. The molecule has 1 heterocycles. The normalized spacial score (nSPS) is 13.6. The van der Waals surface area contributed by atoms with E-state index in [9.17, 15) is 5.11 Å². The maximum absolute atomic E-state index is 9.79. The fraction of sp³-hybridized carbons (Fsp3) is 0.778. The zero-order valence-corrected chi connectivity index (χ0v) is 8.44. The molecule has 1 unspecified atom stereocenters. The predicted molar refractivity (Wildman–Crippen MR) is 50.1 cm³/mol. The fourth-order valence-corrected chi connectivity index (χ4v) is 1.22.